The fraction of sp³-hybridized carbons (Fsp3) is 0.282. The van der Waals surface area contributed by atoms with Gasteiger partial charge in [-0.1, -0.05) is 80.0 Å². The first-order valence-corrected chi connectivity index (χ1v) is 17.4. The normalized spacial score (nSPS) is 13.2. The number of pyridine rings is 1. The molecule has 0 bridgehead atoms. The molecule has 4 amide bonds. The molecule has 4 rings (SSSR count). The van der Waals surface area contributed by atoms with Crippen molar-refractivity contribution in [2.75, 3.05) is 7.11 Å². The molecule has 0 saturated heterocycles. The zero-order valence-electron chi connectivity index (χ0n) is 30.1. The maximum Gasteiger partial charge on any atom is 0.452 e. The lowest BCUT2D eigenvalue weighted by atomic mass is 9.97. The van der Waals surface area contributed by atoms with Crippen molar-refractivity contribution in [1.29, 1.82) is 0 Å². The lowest BCUT2D eigenvalue weighted by molar-refractivity contribution is -0.175. The molecule has 4 aromatic rings. The Hall–Kier alpha value is -5.90. The van der Waals surface area contributed by atoms with Crippen molar-refractivity contribution in [3.63, 3.8) is 0 Å². The van der Waals surface area contributed by atoms with Crippen LogP contribution in [0, 0.1) is 5.92 Å². The van der Waals surface area contributed by atoms with E-state index in [4.69, 9.17) is 16.3 Å². The lowest BCUT2D eigenvalue weighted by Gasteiger charge is -2.28. The van der Waals surface area contributed by atoms with E-state index in [-0.39, 0.29) is 22.8 Å². The maximum atomic E-state index is 15.5. The number of amides is 4. The fourth-order valence-electron chi connectivity index (χ4n) is 5.36. The van der Waals surface area contributed by atoms with Crippen molar-refractivity contribution < 1.29 is 50.7 Å². The number of carbonyl (C=O) groups is 5. The predicted octanol–water partition coefficient (Wildman–Crippen LogP) is 5.62. The highest BCUT2D eigenvalue weighted by Crippen LogP contribution is 2.30. The number of ketones is 1. The molecule has 0 aliphatic rings. The number of hydrogen-bond acceptors (Lipinski definition) is 7. The van der Waals surface area contributed by atoms with Crippen LogP contribution in [0.1, 0.15) is 52.6 Å². The van der Waals surface area contributed by atoms with Crippen LogP contribution in [0.25, 0.3) is 0 Å². The van der Waals surface area contributed by atoms with Gasteiger partial charge in [0.2, 0.25) is 11.8 Å². The van der Waals surface area contributed by atoms with E-state index in [1.54, 1.807) is 24.3 Å². The fourth-order valence-corrected chi connectivity index (χ4v) is 5.55. The van der Waals surface area contributed by atoms with Gasteiger partial charge < -0.3 is 26.0 Å². The highest BCUT2D eigenvalue weighted by molar-refractivity contribution is 6.30. The molecule has 11 nitrogen and oxygen atoms in total. The van der Waals surface area contributed by atoms with Crippen molar-refractivity contribution in [2.45, 2.75) is 57.0 Å². The Morgan fingerprint density at radius 3 is 2.02 bits per heavy atom. The number of nitrogens with zero attached hydrogens (tertiary/aromatic N) is 1. The third-order valence-corrected chi connectivity index (χ3v) is 8.67. The van der Waals surface area contributed by atoms with Crippen LogP contribution in [-0.2, 0) is 38.1 Å². The Bertz CT molecular complexity index is 2020. The van der Waals surface area contributed by atoms with Gasteiger partial charge in [0.15, 0.2) is 0 Å². The molecule has 3 aromatic carbocycles. The summed E-state index contributed by atoms with van der Waals surface area (Å²) < 4.78 is 76.5. The van der Waals surface area contributed by atoms with Gasteiger partial charge in [-0.3, -0.25) is 29.0 Å². The van der Waals surface area contributed by atoms with Crippen molar-refractivity contribution in [2.24, 2.45) is 5.92 Å². The molecule has 4 N–H and O–H groups in total. The number of nitrogens with one attached hydrogen (secondary N) is 4. The first kappa shape index (κ1) is 42.8. The Labute approximate surface area is 323 Å². The first-order valence-electron chi connectivity index (χ1n) is 17.0. The molecule has 17 heteroatoms. The van der Waals surface area contributed by atoms with E-state index in [0.717, 1.165) is 12.1 Å². The molecule has 56 heavy (non-hydrogen) atoms. The number of rotatable bonds is 16. The molecule has 0 aliphatic heterocycles. The number of ether oxygens (including phenoxy) is 1. The number of halogens is 6. The summed E-state index contributed by atoms with van der Waals surface area (Å²) in [5, 5.41) is 9.09. The van der Waals surface area contributed by atoms with Crippen molar-refractivity contribution in [1.82, 2.24) is 26.3 Å². The van der Waals surface area contributed by atoms with Crippen molar-refractivity contribution >= 4 is 41.0 Å². The Morgan fingerprint density at radius 2 is 1.45 bits per heavy atom. The molecular formula is C39H37ClF5N5O6. The quantitative estimate of drug-likeness (QED) is 0.107. The molecule has 0 spiro atoms. The zero-order valence-corrected chi connectivity index (χ0v) is 30.9. The third-order valence-electron chi connectivity index (χ3n) is 8.43. The average Bonchev–Trinajstić information content (AvgIpc) is 3.17. The van der Waals surface area contributed by atoms with Crippen LogP contribution in [0.4, 0.5) is 22.0 Å². The highest BCUT2D eigenvalue weighted by atomic mass is 35.5. The number of hydrogen-bond donors (Lipinski definition) is 4. The monoisotopic (exact) mass is 801 g/mol. The van der Waals surface area contributed by atoms with E-state index >= 15 is 8.78 Å². The standard InChI is InChI=1S/C39H37ClF5N5O6/c1-22(2)31(33(51)39(43,44)45)49-36(54)32(25-14-16-28(56-3)17-15-25)50-35(53)30(48-37(55)38(41,42)26-7-6-8-27(40)20-26)19-23-10-12-24(13-11-23)21-47-34(52)29-9-4-5-18-46-29/h4-18,20,22,30-32H,19,21H2,1-3H3,(H,47,52)(H,48,55)(H,49,54)(H,50,53). The number of benzene rings is 3. The number of alkyl halides is 5. The Morgan fingerprint density at radius 1 is 0.786 bits per heavy atom. The second-order valence-corrected chi connectivity index (χ2v) is 13.3. The van der Waals surface area contributed by atoms with E-state index in [9.17, 15) is 37.1 Å². The molecule has 0 radical (unpaired) electrons. The molecule has 1 aromatic heterocycles. The van der Waals surface area contributed by atoms with Gasteiger partial charge in [-0.05, 0) is 59.0 Å². The van der Waals surface area contributed by atoms with Crippen LogP contribution in [0.3, 0.4) is 0 Å². The topological polar surface area (TPSA) is 156 Å². The van der Waals surface area contributed by atoms with Crippen LogP contribution < -0.4 is 26.0 Å². The van der Waals surface area contributed by atoms with Crippen molar-refractivity contribution in [3.8, 4) is 5.75 Å². The molecule has 3 unspecified atom stereocenters. The Balaban J connectivity index is 1.64. The molecule has 296 valence electrons. The summed E-state index contributed by atoms with van der Waals surface area (Å²) in [6.45, 7) is 2.64. The SMILES string of the molecule is COc1ccc(C(NC(=O)C(Cc2ccc(CNC(=O)c3ccccn3)cc2)NC(=O)C(F)(F)c2cccc(Cl)c2)C(=O)NC(C(=O)C(F)(F)F)C(C)C)cc1. The van der Waals surface area contributed by atoms with E-state index in [1.807, 2.05) is 5.32 Å². The summed E-state index contributed by atoms with van der Waals surface area (Å²) in [4.78, 5) is 69.5. The van der Waals surface area contributed by atoms with Crippen LogP contribution in [0.15, 0.2) is 97.2 Å². The molecule has 3 atom stereocenters. The van der Waals surface area contributed by atoms with Gasteiger partial charge in [0, 0.05) is 29.7 Å². The number of Topliss-reactive ketones (excluding diaryl/α,β-unsaturated/α-hetero) is 1. The lowest BCUT2D eigenvalue weighted by Crippen LogP contribution is -2.56. The van der Waals surface area contributed by atoms with Crippen LogP contribution in [-0.4, -0.2) is 59.8 Å². The van der Waals surface area contributed by atoms with E-state index in [1.165, 1.54) is 81.8 Å². The highest BCUT2D eigenvalue weighted by Gasteiger charge is 2.46. The predicted molar refractivity (Wildman–Crippen MR) is 195 cm³/mol. The second-order valence-electron chi connectivity index (χ2n) is 12.8. The smallest absolute Gasteiger partial charge is 0.452 e. The summed E-state index contributed by atoms with van der Waals surface area (Å²) in [7, 11) is 1.36. The number of carbonyl (C=O) groups excluding carboxylic acids is 5. The average molecular weight is 802 g/mol. The molecule has 0 saturated carbocycles. The second kappa shape index (κ2) is 18.6. The minimum Gasteiger partial charge on any atom is -0.497 e. The van der Waals surface area contributed by atoms with Gasteiger partial charge in [0.1, 0.15) is 23.5 Å². The number of methoxy groups -OCH3 is 1. The summed E-state index contributed by atoms with van der Waals surface area (Å²) in [5.74, 6) is -11.9. The third kappa shape index (κ3) is 11.3. The van der Waals surface area contributed by atoms with Gasteiger partial charge in [0.05, 0.1) is 13.2 Å². The minimum absolute atomic E-state index is 0.0186. The van der Waals surface area contributed by atoms with E-state index < -0.39 is 77.5 Å². The maximum absolute atomic E-state index is 15.5. The van der Waals surface area contributed by atoms with Gasteiger partial charge in [-0.15, -0.1) is 0 Å². The molecule has 0 aliphatic carbocycles. The van der Waals surface area contributed by atoms with Gasteiger partial charge in [-0.25, -0.2) is 0 Å². The van der Waals surface area contributed by atoms with Crippen LogP contribution in [0.5, 0.6) is 5.75 Å². The van der Waals surface area contributed by atoms with E-state index in [2.05, 4.69) is 20.9 Å². The largest absolute Gasteiger partial charge is 0.497 e. The van der Waals surface area contributed by atoms with Gasteiger partial charge in [-0.2, -0.15) is 22.0 Å². The molecular weight excluding hydrogens is 765 g/mol. The van der Waals surface area contributed by atoms with Gasteiger partial charge in [0.25, 0.3) is 17.6 Å². The molecule has 0 fully saturated rings. The van der Waals surface area contributed by atoms with Crippen molar-refractivity contribution in [3.05, 3.63) is 130 Å². The van der Waals surface area contributed by atoms with Crippen LogP contribution in [0.2, 0.25) is 5.02 Å². The summed E-state index contributed by atoms with van der Waals surface area (Å²) in [6.07, 6.45) is -4.25. The zero-order chi connectivity index (χ0) is 41.2. The summed E-state index contributed by atoms with van der Waals surface area (Å²) >= 11 is 5.88. The Kier molecular flexibility index (Phi) is 14.2. The number of aromatic nitrogens is 1. The molecule has 1 heterocycles. The van der Waals surface area contributed by atoms with Gasteiger partial charge >= 0.3 is 12.1 Å². The minimum atomic E-state index is -5.30. The van der Waals surface area contributed by atoms with Crippen LogP contribution >= 0.6 is 11.6 Å². The first-order chi connectivity index (χ1) is 26.4. The van der Waals surface area contributed by atoms with E-state index in [0.29, 0.717) is 16.9 Å². The summed E-state index contributed by atoms with van der Waals surface area (Å²) in [6, 6.07) is 15.2. The summed E-state index contributed by atoms with van der Waals surface area (Å²) in [5.41, 5.74) is 0.391.